The van der Waals surface area contributed by atoms with Gasteiger partial charge in [0.1, 0.15) is 0 Å². The summed E-state index contributed by atoms with van der Waals surface area (Å²) in [5.41, 5.74) is 5.79. The minimum atomic E-state index is -0.310. The van der Waals surface area contributed by atoms with Crippen LogP contribution in [0.25, 0.3) is 6.08 Å². The van der Waals surface area contributed by atoms with Gasteiger partial charge in [0, 0.05) is 17.6 Å². The lowest BCUT2D eigenvalue weighted by atomic mass is 10.2. The van der Waals surface area contributed by atoms with Crippen molar-refractivity contribution >= 4 is 40.9 Å². The monoisotopic (exact) mass is 283 g/mol. The second-order valence-corrected chi connectivity index (χ2v) is 4.14. The Morgan fingerprint density at radius 2 is 2.11 bits per heavy atom. The van der Waals surface area contributed by atoms with Crippen LogP contribution in [0.2, 0.25) is 5.02 Å². The third kappa shape index (κ3) is 5.16. The fraction of sp³-hybridized carbons (Fsp3) is 0.167. The van der Waals surface area contributed by atoms with Gasteiger partial charge in [0.25, 0.3) is 5.91 Å². The van der Waals surface area contributed by atoms with E-state index in [2.05, 4.69) is 16.2 Å². The van der Waals surface area contributed by atoms with Crippen LogP contribution in [0, 0.1) is 0 Å². The van der Waals surface area contributed by atoms with Crippen LogP contribution in [-0.4, -0.2) is 17.6 Å². The van der Waals surface area contributed by atoms with Crippen LogP contribution < -0.4 is 16.2 Å². The number of amides is 1. The zero-order valence-electron chi connectivity index (χ0n) is 9.87. The maximum absolute atomic E-state index is 11.4. The molecular formula is C12H14ClN3OS. The molecule has 1 rings (SSSR count). The molecule has 0 bridgehead atoms. The number of benzene rings is 1. The third-order valence-corrected chi connectivity index (χ3v) is 2.55. The number of nitrogens with one attached hydrogen (secondary N) is 3. The molecule has 0 aliphatic carbocycles. The minimum absolute atomic E-state index is 0.310. The first-order chi connectivity index (χ1) is 8.63. The van der Waals surface area contributed by atoms with Crippen LogP contribution in [0.4, 0.5) is 0 Å². The molecule has 1 amide bonds. The van der Waals surface area contributed by atoms with Crippen molar-refractivity contribution in [1.29, 1.82) is 0 Å². The highest BCUT2D eigenvalue weighted by molar-refractivity contribution is 7.80. The molecule has 0 saturated carbocycles. The van der Waals surface area contributed by atoms with E-state index >= 15 is 0 Å². The lowest BCUT2D eigenvalue weighted by Gasteiger charge is -2.08. The summed E-state index contributed by atoms with van der Waals surface area (Å²) in [7, 11) is 0. The van der Waals surface area contributed by atoms with Crippen molar-refractivity contribution in [3.05, 3.63) is 40.9 Å². The number of hydrogen-bond donors (Lipinski definition) is 3. The summed E-state index contributed by atoms with van der Waals surface area (Å²) in [5.74, 6) is -0.310. The molecule has 0 saturated heterocycles. The summed E-state index contributed by atoms with van der Waals surface area (Å²) in [6.07, 6.45) is 3.01. The van der Waals surface area contributed by atoms with E-state index < -0.39 is 0 Å². The summed E-state index contributed by atoms with van der Waals surface area (Å²) >= 11 is 10.8. The third-order valence-electron chi connectivity index (χ3n) is 1.96. The molecule has 0 aliphatic heterocycles. The molecule has 0 aromatic heterocycles. The number of rotatable bonds is 3. The lowest BCUT2D eigenvalue weighted by molar-refractivity contribution is -0.116. The number of hydrogen-bond acceptors (Lipinski definition) is 2. The van der Waals surface area contributed by atoms with Crippen molar-refractivity contribution < 1.29 is 4.79 Å². The summed E-state index contributed by atoms with van der Waals surface area (Å²) < 4.78 is 0. The van der Waals surface area contributed by atoms with Gasteiger partial charge in [-0.3, -0.25) is 15.6 Å². The maximum Gasteiger partial charge on any atom is 0.262 e. The molecule has 0 fully saturated rings. The van der Waals surface area contributed by atoms with Crippen LogP contribution in [-0.2, 0) is 4.79 Å². The average molecular weight is 284 g/mol. The SMILES string of the molecule is CCNC(=S)NNC(=O)C=Cc1ccccc1Cl. The molecule has 96 valence electrons. The first-order valence-corrected chi connectivity index (χ1v) is 6.18. The summed E-state index contributed by atoms with van der Waals surface area (Å²) in [5, 5.41) is 3.81. The van der Waals surface area contributed by atoms with Crippen LogP contribution in [0.15, 0.2) is 30.3 Å². The van der Waals surface area contributed by atoms with Crippen molar-refractivity contribution in [2.24, 2.45) is 0 Å². The first-order valence-electron chi connectivity index (χ1n) is 5.40. The van der Waals surface area contributed by atoms with E-state index in [9.17, 15) is 4.79 Å². The Bertz CT molecular complexity index is 462. The molecule has 1 aromatic carbocycles. The molecule has 0 unspecified atom stereocenters. The van der Waals surface area contributed by atoms with Gasteiger partial charge in [-0.15, -0.1) is 0 Å². The normalized spacial score (nSPS) is 10.1. The molecule has 1 aromatic rings. The van der Waals surface area contributed by atoms with E-state index in [1.54, 1.807) is 12.1 Å². The van der Waals surface area contributed by atoms with Gasteiger partial charge in [0.2, 0.25) is 0 Å². The van der Waals surface area contributed by atoms with E-state index in [0.717, 1.165) is 5.56 Å². The Hall–Kier alpha value is -1.59. The van der Waals surface area contributed by atoms with E-state index in [-0.39, 0.29) is 5.91 Å². The maximum atomic E-state index is 11.4. The largest absolute Gasteiger partial charge is 0.362 e. The van der Waals surface area contributed by atoms with Gasteiger partial charge in [-0.25, -0.2) is 0 Å². The summed E-state index contributed by atoms with van der Waals surface area (Å²) in [6, 6.07) is 7.26. The molecule has 0 atom stereocenters. The average Bonchev–Trinajstić information content (AvgIpc) is 2.36. The zero-order valence-corrected chi connectivity index (χ0v) is 11.4. The van der Waals surface area contributed by atoms with Crippen molar-refractivity contribution in [3.8, 4) is 0 Å². The molecule has 6 heteroatoms. The fourth-order valence-electron chi connectivity index (χ4n) is 1.14. The van der Waals surface area contributed by atoms with Gasteiger partial charge in [-0.05, 0) is 36.8 Å². The van der Waals surface area contributed by atoms with E-state index in [4.69, 9.17) is 23.8 Å². The Balaban J connectivity index is 2.45. The highest BCUT2D eigenvalue weighted by Gasteiger charge is 1.98. The topological polar surface area (TPSA) is 53.2 Å². The fourth-order valence-corrected chi connectivity index (χ4v) is 1.53. The van der Waals surface area contributed by atoms with E-state index in [0.29, 0.717) is 16.7 Å². The van der Waals surface area contributed by atoms with Crippen molar-refractivity contribution in [1.82, 2.24) is 16.2 Å². The van der Waals surface area contributed by atoms with Gasteiger partial charge < -0.3 is 5.32 Å². The number of carbonyl (C=O) groups excluding carboxylic acids is 1. The number of hydrazine groups is 1. The van der Waals surface area contributed by atoms with Crippen LogP contribution >= 0.6 is 23.8 Å². The highest BCUT2D eigenvalue weighted by Crippen LogP contribution is 2.15. The Kier molecular flexibility index (Phi) is 6.18. The van der Waals surface area contributed by atoms with Crippen molar-refractivity contribution in [3.63, 3.8) is 0 Å². The highest BCUT2D eigenvalue weighted by atomic mass is 35.5. The second kappa shape index (κ2) is 7.68. The molecule has 0 aliphatic rings. The molecule has 0 radical (unpaired) electrons. The van der Waals surface area contributed by atoms with Gasteiger partial charge in [0.15, 0.2) is 5.11 Å². The van der Waals surface area contributed by atoms with Gasteiger partial charge in [-0.2, -0.15) is 0 Å². The van der Waals surface area contributed by atoms with Crippen LogP contribution in [0.5, 0.6) is 0 Å². The Morgan fingerprint density at radius 1 is 1.39 bits per heavy atom. The minimum Gasteiger partial charge on any atom is -0.362 e. The van der Waals surface area contributed by atoms with Crippen LogP contribution in [0.1, 0.15) is 12.5 Å². The van der Waals surface area contributed by atoms with E-state index in [1.807, 2.05) is 25.1 Å². The number of carbonyl (C=O) groups is 1. The first kappa shape index (κ1) is 14.5. The number of halogens is 1. The Morgan fingerprint density at radius 3 is 2.78 bits per heavy atom. The predicted molar refractivity (Wildman–Crippen MR) is 78.0 cm³/mol. The van der Waals surface area contributed by atoms with Crippen LogP contribution in [0.3, 0.4) is 0 Å². The molecule has 4 nitrogen and oxygen atoms in total. The molecule has 0 heterocycles. The van der Waals surface area contributed by atoms with Crippen molar-refractivity contribution in [2.45, 2.75) is 6.92 Å². The van der Waals surface area contributed by atoms with Gasteiger partial charge in [0.05, 0.1) is 0 Å². The summed E-state index contributed by atoms with van der Waals surface area (Å²) in [6.45, 7) is 2.60. The van der Waals surface area contributed by atoms with Gasteiger partial charge in [-0.1, -0.05) is 29.8 Å². The second-order valence-electron chi connectivity index (χ2n) is 3.33. The molecule has 18 heavy (non-hydrogen) atoms. The Labute approximate surface area is 116 Å². The smallest absolute Gasteiger partial charge is 0.262 e. The number of thiocarbonyl (C=S) groups is 1. The standard InChI is InChI=1S/C12H14ClN3OS/c1-2-14-12(18)16-15-11(17)8-7-9-5-3-4-6-10(9)13/h3-8H,2H2,1H3,(H,15,17)(H2,14,16,18). The van der Waals surface area contributed by atoms with E-state index in [1.165, 1.54) is 6.08 Å². The van der Waals surface area contributed by atoms with Crippen molar-refractivity contribution in [2.75, 3.05) is 6.54 Å². The predicted octanol–water partition coefficient (Wildman–Crippen LogP) is 1.87. The summed E-state index contributed by atoms with van der Waals surface area (Å²) in [4.78, 5) is 11.4. The zero-order chi connectivity index (χ0) is 13.4. The molecular weight excluding hydrogens is 270 g/mol. The van der Waals surface area contributed by atoms with Gasteiger partial charge >= 0.3 is 0 Å². The quantitative estimate of drug-likeness (QED) is 0.450. The lowest BCUT2D eigenvalue weighted by Crippen LogP contribution is -2.46. The molecule has 3 N–H and O–H groups in total. The molecule has 0 spiro atoms.